The normalized spacial score (nSPS) is 15.5. The Morgan fingerprint density at radius 3 is 1.39 bits per heavy atom. The van der Waals surface area contributed by atoms with Gasteiger partial charge in [-0.3, -0.25) is 9.97 Å². The Hall–Kier alpha value is -5.96. The molecule has 2 saturated heterocycles. The molecule has 0 aliphatic carbocycles. The van der Waals surface area contributed by atoms with E-state index in [1.54, 1.807) is 9.80 Å². The molecule has 0 spiro atoms. The van der Waals surface area contributed by atoms with E-state index < -0.39 is 43.5 Å². The Balaban J connectivity index is 0.000000245. The van der Waals surface area contributed by atoms with Gasteiger partial charge in [0, 0.05) is 148 Å². The van der Waals surface area contributed by atoms with Crippen LogP contribution in [0.5, 0.6) is 0 Å². The third-order valence-corrected chi connectivity index (χ3v) is 24.5. The van der Waals surface area contributed by atoms with E-state index in [4.69, 9.17) is 58.6 Å². The molecule has 10 rings (SSSR count). The molecule has 2 aliphatic heterocycles. The van der Waals surface area contributed by atoms with Crippen molar-refractivity contribution in [1.82, 2.24) is 49.0 Å². The van der Waals surface area contributed by atoms with Crippen LogP contribution < -0.4 is 9.80 Å². The summed E-state index contributed by atoms with van der Waals surface area (Å²) in [5.74, 6) is 1.70. The van der Waals surface area contributed by atoms with Crippen LogP contribution in [-0.4, -0.2) is 192 Å². The van der Waals surface area contributed by atoms with Gasteiger partial charge in [-0.05, 0) is 119 Å². The van der Waals surface area contributed by atoms with E-state index in [2.05, 4.69) is 159 Å². The Bertz CT molecular complexity index is 4010. The van der Waals surface area contributed by atoms with E-state index in [0.717, 1.165) is 120 Å². The first-order chi connectivity index (χ1) is 47.0. The van der Waals surface area contributed by atoms with Crippen LogP contribution in [0.1, 0.15) is 77.6 Å². The number of hydrogen-bond donors (Lipinski definition) is 1. The molecular formula is C72H108BBrN13O8SSi4. The van der Waals surface area contributed by atoms with Gasteiger partial charge in [-0.15, -0.1) is 0 Å². The van der Waals surface area contributed by atoms with Gasteiger partial charge in [0.25, 0.3) is 0 Å². The minimum absolute atomic E-state index is 0.00871. The van der Waals surface area contributed by atoms with Crippen molar-refractivity contribution in [2.75, 3.05) is 89.3 Å². The third-order valence-electron chi connectivity index (χ3n) is 17.0. The van der Waals surface area contributed by atoms with Crippen molar-refractivity contribution < 1.29 is 38.0 Å². The van der Waals surface area contributed by atoms with Gasteiger partial charge in [-0.2, -0.15) is 19.2 Å². The summed E-state index contributed by atoms with van der Waals surface area (Å²) in [7, 11) is -0.752. The number of nitrogens with zero attached hydrogens (tertiary/aromatic N) is 13. The van der Waals surface area contributed by atoms with Crippen LogP contribution in [0.3, 0.4) is 0 Å². The van der Waals surface area contributed by atoms with Gasteiger partial charge in [0.1, 0.15) is 43.9 Å². The van der Waals surface area contributed by atoms with Crippen LogP contribution in [0.25, 0.3) is 55.4 Å². The molecule has 1 radical (unpaired) electrons. The van der Waals surface area contributed by atoms with Gasteiger partial charge in [0.2, 0.25) is 0 Å². The van der Waals surface area contributed by atoms with Gasteiger partial charge in [-0.1, -0.05) is 115 Å². The van der Waals surface area contributed by atoms with Crippen LogP contribution in [0.15, 0.2) is 100 Å². The van der Waals surface area contributed by atoms with Crippen molar-refractivity contribution in [3.05, 3.63) is 107 Å². The van der Waals surface area contributed by atoms with Gasteiger partial charge >= 0.3 is 36.9 Å². The summed E-state index contributed by atoms with van der Waals surface area (Å²) < 4.78 is 44.1. The van der Waals surface area contributed by atoms with Gasteiger partial charge < -0.3 is 48.0 Å². The van der Waals surface area contributed by atoms with Crippen LogP contribution in [0.2, 0.25) is 103 Å². The molecule has 0 saturated carbocycles. The van der Waals surface area contributed by atoms with Crippen molar-refractivity contribution in [2.24, 2.45) is 4.30 Å². The number of carbonyl (C=O) groups excluding carboxylic acids is 2. The second-order valence-electron chi connectivity index (χ2n) is 33.0. The Morgan fingerprint density at radius 1 is 0.570 bits per heavy atom. The van der Waals surface area contributed by atoms with E-state index in [-0.39, 0.29) is 24.0 Å². The predicted molar refractivity (Wildman–Crippen MR) is 423 cm³/mol. The van der Waals surface area contributed by atoms with Crippen LogP contribution in [-0.2, 0) is 28.4 Å². The summed E-state index contributed by atoms with van der Waals surface area (Å²) in [6, 6.07) is 26.9. The third kappa shape index (κ3) is 23.5. The number of para-hydroxylation sites is 2. The van der Waals surface area contributed by atoms with Crippen LogP contribution in [0, 0.1) is 0 Å². The van der Waals surface area contributed by atoms with E-state index in [1.165, 1.54) is 0 Å². The SMILES string of the molecule is CC(C)(C)OC(=O)N1CCC(c2cc(N(COCC[Si](C)(C)C)COCC[Si](C)(C)C)n3ncc(-c4cnc5ccccc5c4)c3n2)C1.CC(C)(C)OC(=O)N1CCC(c2nc3c(-c4cnc5ccccc5c4)cnn3c(N(COCC[Si](C)(C)C)COCC[Si](C)(C)C)c2Br)C1.[B]=NS. The minimum atomic E-state index is -1.28. The van der Waals surface area contributed by atoms with Crippen LogP contribution in [0.4, 0.5) is 21.2 Å². The Kier molecular flexibility index (Phi) is 27.6. The maximum absolute atomic E-state index is 13.1. The van der Waals surface area contributed by atoms with Gasteiger partial charge in [-0.25, -0.2) is 19.6 Å². The number of hydrogen-bond acceptors (Lipinski definition) is 18. The molecule has 2 fully saturated rings. The number of likely N-dealkylation sites (tertiary alicyclic amines) is 2. The van der Waals surface area contributed by atoms with E-state index >= 15 is 0 Å². The number of pyridine rings is 2. The molecule has 100 heavy (non-hydrogen) atoms. The molecule has 8 aromatic rings. The molecule has 8 heterocycles. The zero-order valence-electron chi connectivity index (χ0n) is 62.5. The molecular weight excluding hydrogens is 1410 g/mol. The topological polar surface area (TPSA) is 201 Å². The maximum atomic E-state index is 13.1. The van der Waals surface area contributed by atoms with Crippen LogP contribution >= 0.6 is 28.7 Å². The molecule has 2 aromatic carbocycles. The molecule has 2 aliphatic rings. The molecule has 28 heteroatoms. The summed E-state index contributed by atoms with van der Waals surface area (Å²) >= 11 is 7.18. The summed E-state index contributed by atoms with van der Waals surface area (Å²) in [6.07, 6.45) is 8.50. The van der Waals surface area contributed by atoms with E-state index in [0.29, 0.717) is 79.5 Å². The summed E-state index contributed by atoms with van der Waals surface area (Å²) in [4.78, 5) is 53.9. The number of ether oxygens (including phenoxy) is 6. The molecule has 0 bridgehead atoms. The molecule has 2 amide bonds. The van der Waals surface area contributed by atoms with Crippen molar-refractivity contribution in [2.45, 2.75) is 180 Å². The second-order valence-corrected chi connectivity index (χ2v) is 56.5. The number of benzene rings is 2. The predicted octanol–water partition coefficient (Wildman–Crippen LogP) is 17.1. The number of thiol groups is 1. The first kappa shape index (κ1) is 79.7. The number of halogens is 1. The fraction of sp³-hybridized carbons (Fsp3) is 0.556. The number of fused-ring (bicyclic) bond motifs is 4. The zero-order chi connectivity index (χ0) is 73.0. The Labute approximate surface area is 612 Å². The van der Waals surface area contributed by atoms with Crippen molar-refractivity contribution in [1.29, 1.82) is 0 Å². The number of amides is 2. The summed E-state index contributed by atoms with van der Waals surface area (Å²) in [5, 5.41) is 11.9. The molecule has 2 atom stereocenters. The summed E-state index contributed by atoms with van der Waals surface area (Å²) in [6.45, 7) is 46.2. The fourth-order valence-corrected chi connectivity index (χ4v) is 15.1. The average Bonchev–Trinajstić information content (AvgIpc) is 1.55. The molecule has 541 valence electrons. The van der Waals surface area contributed by atoms with E-state index in [1.807, 2.05) is 112 Å². The van der Waals surface area contributed by atoms with Crippen molar-refractivity contribution in [3.8, 4) is 22.3 Å². The van der Waals surface area contributed by atoms with Gasteiger partial charge in [0.05, 0.1) is 39.3 Å². The number of anilines is 2. The molecule has 2 unspecified atom stereocenters. The quantitative estimate of drug-likeness (QED) is 0.0232. The Morgan fingerprint density at radius 2 is 0.960 bits per heavy atom. The van der Waals surface area contributed by atoms with Gasteiger partial charge in [0.15, 0.2) is 17.1 Å². The fourth-order valence-electron chi connectivity index (χ4n) is 11.3. The monoisotopic (exact) mass is 1520 g/mol. The zero-order valence-corrected chi connectivity index (χ0v) is 69.0. The van der Waals surface area contributed by atoms with Crippen molar-refractivity contribution in [3.63, 3.8) is 0 Å². The van der Waals surface area contributed by atoms with Crippen molar-refractivity contribution >= 4 is 126 Å². The number of aromatic nitrogens is 8. The standard InChI is InChI=1S/C36H53BrN6O4Si2.C36H54N6O4Si2.BHNS/c1-36(2,3)47-35(44)41-15-14-27(23-41)32-31(37)34(42(24-45-16-18-48(4,5)6)25-46-17-19-49(7,8)9)43-33(40-32)29(22-39-43)28-20-26-12-10-11-13-30(26)38-21-28;1-36(2,3)46-35(43)40-15-14-28(24-40)32-21-33(41(25-44-16-18-47(4,5)6)26-45-17-19-48(7,8)9)42-34(39-32)30(23-38-42)29-20-27-12-10-11-13-31(27)37-22-29;1-2-3/h10-13,20-22,27H,14-19,23-25H2,1-9H3;10-13,20-23,28H,14-19,24-26H2,1-9H3;3H. The molecule has 0 N–H and O–H groups in total. The summed E-state index contributed by atoms with van der Waals surface area (Å²) in [5.41, 5.74) is 7.68. The number of rotatable bonds is 26. The molecule has 21 nitrogen and oxygen atoms in total. The average molecular weight is 1520 g/mol. The van der Waals surface area contributed by atoms with E-state index in [9.17, 15) is 9.59 Å². The second kappa shape index (κ2) is 34.6. The first-order valence-corrected chi connectivity index (χ1v) is 51.0. The first-order valence-electron chi connectivity index (χ1n) is 34.9. The number of carbonyl (C=O) groups is 2. The molecule has 6 aromatic heterocycles.